The van der Waals surface area contributed by atoms with Crippen molar-refractivity contribution in [3.63, 3.8) is 0 Å². The first-order chi connectivity index (χ1) is 14.1. The van der Waals surface area contributed by atoms with Gasteiger partial charge in [-0.15, -0.1) is 10.2 Å². The van der Waals surface area contributed by atoms with Crippen LogP contribution in [0.15, 0.2) is 48.5 Å². The number of fused-ring (bicyclic) bond motifs is 1. The first-order valence-electron chi connectivity index (χ1n) is 10.2. The molecule has 1 N–H and O–H groups in total. The molecule has 0 saturated carbocycles. The summed E-state index contributed by atoms with van der Waals surface area (Å²) in [6.07, 6.45) is 4.43. The maximum Gasteiger partial charge on any atom is 0.326 e. The van der Waals surface area contributed by atoms with Gasteiger partial charge in [0.2, 0.25) is 0 Å². The van der Waals surface area contributed by atoms with Crippen molar-refractivity contribution in [2.75, 3.05) is 10.2 Å². The van der Waals surface area contributed by atoms with Gasteiger partial charge in [-0.05, 0) is 49.9 Å². The summed E-state index contributed by atoms with van der Waals surface area (Å²) >= 11 is 0. The third kappa shape index (κ3) is 4.16. The van der Waals surface area contributed by atoms with Crippen molar-refractivity contribution in [3.8, 4) is 0 Å². The van der Waals surface area contributed by atoms with Crippen molar-refractivity contribution in [1.29, 1.82) is 0 Å². The van der Waals surface area contributed by atoms with Crippen molar-refractivity contribution in [1.82, 2.24) is 14.8 Å². The molecule has 2 aromatic carbocycles. The van der Waals surface area contributed by atoms with E-state index in [0.29, 0.717) is 6.54 Å². The fourth-order valence-electron chi connectivity index (χ4n) is 4.00. The molecule has 1 aliphatic rings. The number of aromatic nitrogens is 3. The van der Waals surface area contributed by atoms with Crippen LogP contribution >= 0.6 is 0 Å². The van der Waals surface area contributed by atoms with Gasteiger partial charge in [-0.2, -0.15) is 0 Å². The van der Waals surface area contributed by atoms with Crippen LogP contribution in [0.5, 0.6) is 0 Å². The van der Waals surface area contributed by atoms with Crippen molar-refractivity contribution < 1.29 is 4.79 Å². The Kier molecular flexibility index (Phi) is 5.60. The molecule has 29 heavy (non-hydrogen) atoms. The molecule has 2 heterocycles. The summed E-state index contributed by atoms with van der Waals surface area (Å²) in [6.45, 7) is 5.38. The van der Waals surface area contributed by atoms with Gasteiger partial charge in [0, 0.05) is 18.7 Å². The monoisotopic (exact) mass is 389 g/mol. The molecule has 0 fully saturated rings. The Morgan fingerprint density at radius 3 is 2.52 bits per heavy atom. The van der Waals surface area contributed by atoms with Crippen molar-refractivity contribution in [2.24, 2.45) is 0 Å². The van der Waals surface area contributed by atoms with Gasteiger partial charge in [0.15, 0.2) is 5.82 Å². The molecule has 1 aliphatic heterocycles. The molecule has 2 amide bonds. The number of amides is 2. The lowest BCUT2D eigenvalue weighted by molar-refractivity contribution is 0.256. The molecule has 6 heteroatoms. The average Bonchev–Trinajstić information content (AvgIpc) is 2.93. The van der Waals surface area contributed by atoms with E-state index in [-0.39, 0.29) is 6.03 Å². The van der Waals surface area contributed by atoms with E-state index in [1.165, 1.54) is 6.42 Å². The van der Waals surface area contributed by atoms with Crippen molar-refractivity contribution in [2.45, 2.75) is 52.6 Å². The lowest BCUT2D eigenvalue weighted by Gasteiger charge is -2.26. The van der Waals surface area contributed by atoms with Crippen LogP contribution in [-0.2, 0) is 19.5 Å². The summed E-state index contributed by atoms with van der Waals surface area (Å²) in [7, 11) is 0. The van der Waals surface area contributed by atoms with Gasteiger partial charge < -0.3 is 9.88 Å². The molecule has 0 spiro atoms. The number of hydrogen-bond acceptors (Lipinski definition) is 3. The van der Waals surface area contributed by atoms with Gasteiger partial charge in [-0.25, -0.2) is 4.79 Å². The predicted molar refractivity (Wildman–Crippen MR) is 115 cm³/mol. The molecule has 150 valence electrons. The van der Waals surface area contributed by atoms with E-state index in [1.54, 1.807) is 4.90 Å². The van der Waals surface area contributed by atoms with Crippen LogP contribution in [0.25, 0.3) is 0 Å². The number of carbonyl (C=O) groups is 1. The lowest BCUT2D eigenvalue weighted by Crippen LogP contribution is -2.36. The largest absolute Gasteiger partial charge is 0.326 e. The van der Waals surface area contributed by atoms with Crippen molar-refractivity contribution >= 4 is 17.4 Å². The highest BCUT2D eigenvalue weighted by Crippen LogP contribution is 2.27. The van der Waals surface area contributed by atoms with E-state index in [1.807, 2.05) is 62.4 Å². The fourth-order valence-corrected chi connectivity index (χ4v) is 4.00. The molecule has 0 atom stereocenters. The standard InChI is InChI=1S/C23H27N5O/c1-17-10-9-11-18(2)22(17)28(23(29)24-19-12-5-3-6-13-19)16-21-26-25-20-14-7-4-8-15-27(20)21/h3,5-6,9-13H,4,7-8,14-16H2,1-2H3,(H,24,29). The summed E-state index contributed by atoms with van der Waals surface area (Å²) in [5.41, 5.74) is 3.81. The SMILES string of the molecule is Cc1cccc(C)c1N(Cc1nnc2n1CCCCC2)C(=O)Nc1ccccc1. The van der Waals surface area contributed by atoms with E-state index >= 15 is 0 Å². The smallest absolute Gasteiger partial charge is 0.313 e. The van der Waals surface area contributed by atoms with Gasteiger partial charge in [-0.3, -0.25) is 4.90 Å². The topological polar surface area (TPSA) is 63.1 Å². The number of urea groups is 1. The van der Waals surface area contributed by atoms with Crippen LogP contribution in [0, 0.1) is 13.8 Å². The first kappa shape index (κ1) is 19.2. The Balaban J connectivity index is 1.69. The van der Waals surface area contributed by atoms with Crippen LogP contribution in [-0.4, -0.2) is 20.8 Å². The van der Waals surface area contributed by atoms with Crippen LogP contribution < -0.4 is 10.2 Å². The first-order valence-corrected chi connectivity index (χ1v) is 10.2. The number of hydrogen-bond donors (Lipinski definition) is 1. The molecule has 0 aliphatic carbocycles. The molecule has 1 aromatic heterocycles. The number of anilines is 2. The number of nitrogens with zero attached hydrogens (tertiary/aromatic N) is 4. The van der Waals surface area contributed by atoms with Crippen LogP contribution in [0.1, 0.15) is 42.0 Å². The average molecular weight is 390 g/mol. The van der Waals surface area contributed by atoms with Gasteiger partial charge in [-0.1, -0.05) is 42.8 Å². The summed E-state index contributed by atoms with van der Waals surface area (Å²) in [5.74, 6) is 1.87. The summed E-state index contributed by atoms with van der Waals surface area (Å²) < 4.78 is 2.20. The Morgan fingerprint density at radius 2 is 1.76 bits per heavy atom. The molecular weight excluding hydrogens is 362 g/mol. The molecule has 0 saturated heterocycles. The second kappa shape index (κ2) is 8.47. The number of benzene rings is 2. The van der Waals surface area contributed by atoms with E-state index in [0.717, 1.165) is 60.0 Å². The van der Waals surface area contributed by atoms with Gasteiger partial charge in [0.25, 0.3) is 0 Å². The van der Waals surface area contributed by atoms with Crippen LogP contribution in [0.3, 0.4) is 0 Å². The highest BCUT2D eigenvalue weighted by Gasteiger charge is 2.24. The third-order valence-electron chi connectivity index (χ3n) is 5.47. The second-order valence-corrected chi connectivity index (χ2v) is 7.62. The highest BCUT2D eigenvalue weighted by atomic mass is 16.2. The maximum absolute atomic E-state index is 13.3. The number of carbonyl (C=O) groups excluding carboxylic acids is 1. The summed E-state index contributed by atoms with van der Waals surface area (Å²) in [5, 5.41) is 11.9. The van der Waals surface area contributed by atoms with Gasteiger partial charge in [0.05, 0.1) is 12.2 Å². The Labute approximate surface area is 171 Å². The molecular formula is C23H27N5O. The van der Waals surface area contributed by atoms with Crippen LogP contribution in [0.2, 0.25) is 0 Å². The zero-order valence-electron chi connectivity index (χ0n) is 17.1. The zero-order valence-corrected chi connectivity index (χ0v) is 17.1. The minimum atomic E-state index is -0.167. The molecule has 0 unspecified atom stereocenters. The predicted octanol–water partition coefficient (Wildman–Crippen LogP) is 4.86. The fraction of sp³-hybridized carbons (Fsp3) is 0.348. The van der Waals surface area contributed by atoms with Crippen molar-refractivity contribution in [3.05, 3.63) is 71.3 Å². The number of nitrogens with one attached hydrogen (secondary N) is 1. The van der Waals surface area contributed by atoms with Gasteiger partial charge in [0.1, 0.15) is 5.82 Å². The Bertz CT molecular complexity index is 976. The van der Waals surface area contributed by atoms with E-state index < -0.39 is 0 Å². The molecule has 0 bridgehead atoms. The quantitative estimate of drug-likeness (QED) is 0.693. The summed E-state index contributed by atoms with van der Waals surface area (Å²) in [6, 6.07) is 15.5. The second-order valence-electron chi connectivity index (χ2n) is 7.62. The molecule has 3 aromatic rings. The Hall–Kier alpha value is -3.15. The van der Waals surface area contributed by atoms with E-state index in [9.17, 15) is 4.79 Å². The number of para-hydroxylation sites is 2. The van der Waals surface area contributed by atoms with Gasteiger partial charge >= 0.3 is 6.03 Å². The molecule has 0 radical (unpaired) electrons. The lowest BCUT2D eigenvalue weighted by atomic mass is 10.1. The summed E-state index contributed by atoms with van der Waals surface area (Å²) in [4.78, 5) is 15.1. The number of aryl methyl sites for hydroxylation is 3. The van der Waals surface area contributed by atoms with Crippen LogP contribution in [0.4, 0.5) is 16.2 Å². The van der Waals surface area contributed by atoms with E-state index in [2.05, 4.69) is 20.1 Å². The number of rotatable bonds is 4. The minimum Gasteiger partial charge on any atom is -0.313 e. The molecule has 4 rings (SSSR count). The normalized spacial score (nSPS) is 13.4. The Morgan fingerprint density at radius 1 is 1.00 bits per heavy atom. The molecule has 6 nitrogen and oxygen atoms in total. The highest BCUT2D eigenvalue weighted by molar-refractivity contribution is 6.02. The zero-order chi connectivity index (χ0) is 20.2. The van der Waals surface area contributed by atoms with E-state index in [4.69, 9.17) is 0 Å². The maximum atomic E-state index is 13.3. The minimum absolute atomic E-state index is 0.167. The third-order valence-corrected chi connectivity index (χ3v) is 5.47.